The van der Waals surface area contributed by atoms with E-state index in [1.807, 2.05) is 12.1 Å². The van der Waals surface area contributed by atoms with Gasteiger partial charge in [-0.25, -0.2) is 0 Å². The fourth-order valence-corrected chi connectivity index (χ4v) is 6.82. The lowest BCUT2D eigenvalue weighted by atomic mass is 9.89. The molecule has 9 aromatic rings. The van der Waals surface area contributed by atoms with Gasteiger partial charge >= 0.3 is 0 Å². The zero-order chi connectivity index (χ0) is 29.7. The lowest BCUT2D eigenvalue weighted by Gasteiger charge is -2.14. The minimum atomic E-state index is 0.908. The molecule has 0 atom stereocenters. The van der Waals surface area contributed by atoms with Crippen LogP contribution >= 0.6 is 0 Å². The molecule has 0 aliphatic carbocycles. The van der Waals surface area contributed by atoms with E-state index in [2.05, 4.69) is 158 Å². The molecule has 45 heavy (non-hydrogen) atoms. The second kappa shape index (κ2) is 10.4. The van der Waals surface area contributed by atoms with Crippen molar-refractivity contribution in [2.45, 2.75) is 0 Å². The minimum Gasteiger partial charge on any atom is -0.456 e. The molecule has 0 saturated carbocycles. The van der Waals surface area contributed by atoms with Crippen LogP contribution in [0.25, 0.3) is 88.0 Å². The molecule has 1 heterocycles. The molecule has 0 radical (unpaired) electrons. The number of hydrogen-bond acceptors (Lipinski definition) is 1. The van der Waals surface area contributed by atoms with Gasteiger partial charge in [0.1, 0.15) is 11.2 Å². The van der Waals surface area contributed by atoms with Crippen LogP contribution in [0.3, 0.4) is 0 Å². The highest BCUT2D eigenvalue weighted by Gasteiger charge is 2.15. The maximum Gasteiger partial charge on any atom is 0.136 e. The van der Waals surface area contributed by atoms with Gasteiger partial charge in [-0.3, -0.25) is 0 Å². The van der Waals surface area contributed by atoms with E-state index in [9.17, 15) is 0 Å². The maximum atomic E-state index is 6.28. The normalized spacial score (nSPS) is 11.6. The van der Waals surface area contributed by atoms with Crippen LogP contribution in [0.4, 0.5) is 0 Å². The van der Waals surface area contributed by atoms with E-state index in [0.29, 0.717) is 0 Å². The predicted molar refractivity (Wildman–Crippen MR) is 190 cm³/mol. The van der Waals surface area contributed by atoms with Crippen molar-refractivity contribution in [3.8, 4) is 44.5 Å². The summed E-state index contributed by atoms with van der Waals surface area (Å²) in [5, 5.41) is 7.30. The molecule has 1 heteroatoms. The summed E-state index contributed by atoms with van der Waals surface area (Å²) in [6.07, 6.45) is 0. The van der Waals surface area contributed by atoms with Crippen LogP contribution in [0.5, 0.6) is 0 Å². The monoisotopic (exact) mass is 572 g/mol. The summed E-state index contributed by atoms with van der Waals surface area (Å²) in [4.78, 5) is 0. The van der Waals surface area contributed by atoms with Gasteiger partial charge in [-0.05, 0) is 102 Å². The minimum absolute atomic E-state index is 0.908. The highest BCUT2D eigenvalue weighted by molar-refractivity contribution is 6.13. The molecule has 0 unspecified atom stereocenters. The largest absolute Gasteiger partial charge is 0.456 e. The van der Waals surface area contributed by atoms with Crippen molar-refractivity contribution < 1.29 is 4.42 Å². The van der Waals surface area contributed by atoms with Gasteiger partial charge in [-0.1, -0.05) is 133 Å². The molecule has 0 aliphatic rings. The molecule has 210 valence electrons. The first kappa shape index (κ1) is 25.6. The van der Waals surface area contributed by atoms with E-state index < -0.39 is 0 Å². The number of para-hydroxylation sites is 1. The Morgan fingerprint density at radius 3 is 1.69 bits per heavy atom. The van der Waals surface area contributed by atoms with E-state index in [4.69, 9.17) is 4.42 Å². The smallest absolute Gasteiger partial charge is 0.136 e. The number of benzene rings is 8. The molecule has 0 fully saturated rings. The SMILES string of the molecule is c1ccc2cc(-c3ccc(-c4cc(-c5cccc6ccccc56)cc(-c5cccc6oc7ccccc7c56)c4)cc3)ccc2c1. The third kappa shape index (κ3) is 4.41. The molecule has 0 bridgehead atoms. The highest BCUT2D eigenvalue weighted by atomic mass is 16.3. The van der Waals surface area contributed by atoms with Crippen LogP contribution < -0.4 is 0 Å². The topological polar surface area (TPSA) is 13.1 Å². The molecule has 0 amide bonds. The molecule has 8 aromatic carbocycles. The van der Waals surface area contributed by atoms with Crippen molar-refractivity contribution in [1.29, 1.82) is 0 Å². The third-order valence-corrected chi connectivity index (χ3v) is 9.05. The maximum absolute atomic E-state index is 6.28. The van der Waals surface area contributed by atoms with Crippen molar-refractivity contribution in [3.05, 3.63) is 170 Å². The number of fused-ring (bicyclic) bond motifs is 5. The molecular formula is C44H28O. The number of rotatable bonds is 4. The summed E-state index contributed by atoms with van der Waals surface area (Å²) in [6.45, 7) is 0. The van der Waals surface area contributed by atoms with Crippen LogP contribution in [0.1, 0.15) is 0 Å². The fourth-order valence-electron chi connectivity index (χ4n) is 6.82. The molecule has 9 rings (SSSR count). The summed E-state index contributed by atoms with van der Waals surface area (Å²) in [5.41, 5.74) is 11.4. The van der Waals surface area contributed by atoms with Crippen LogP contribution in [-0.4, -0.2) is 0 Å². The van der Waals surface area contributed by atoms with Gasteiger partial charge in [0.15, 0.2) is 0 Å². The van der Waals surface area contributed by atoms with Gasteiger partial charge < -0.3 is 4.42 Å². The van der Waals surface area contributed by atoms with Gasteiger partial charge in [-0.15, -0.1) is 0 Å². The molecule has 0 saturated heterocycles. The third-order valence-electron chi connectivity index (χ3n) is 9.05. The first-order valence-corrected chi connectivity index (χ1v) is 15.4. The average Bonchev–Trinajstić information content (AvgIpc) is 3.50. The van der Waals surface area contributed by atoms with Crippen molar-refractivity contribution >= 4 is 43.5 Å². The zero-order valence-electron chi connectivity index (χ0n) is 24.6. The predicted octanol–water partition coefficient (Wildman–Crippen LogP) is 12.6. The summed E-state index contributed by atoms with van der Waals surface area (Å²) in [7, 11) is 0. The second-order valence-corrected chi connectivity index (χ2v) is 11.7. The standard InChI is InChI=1S/C44H28O/c1-2-11-33-25-34(24-23-29(33)9-1)30-19-21-31(22-20-30)35-26-36(39-15-7-12-32-10-3-4-13-38(32)39)28-37(27-35)40-16-8-18-43-44(40)41-14-5-6-17-42(41)45-43/h1-28H. The van der Waals surface area contributed by atoms with E-state index in [1.165, 1.54) is 66.1 Å². The first-order valence-electron chi connectivity index (χ1n) is 15.4. The van der Waals surface area contributed by atoms with Gasteiger partial charge in [-0.2, -0.15) is 0 Å². The van der Waals surface area contributed by atoms with E-state index in [0.717, 1.165) is 21.9 Å². The zero-order valence-corrected chi connectivity index (χ0v) is 24.6. The van der Waals surface area contributed by atoms with Crippen LogP contribution in [0.2, 0.25) is 0 Å². The van der Waals surface area contributed by atoms with Gasteiger partial charge in [0.25, 0.3) is 0 Å². The fraction of sp³-hybridized carbons (Fsp3) is 0. The number of hydrogen-bond donors (Lipinski definition) is 0. The Morgan fingerprint density at radius 1 is 0.289 bits per heavy atom. The van der Waals surface area contributed by atoms with E-state index in [1.54, 1.807) is 0 Å². The molecule has 0 aliphatic heterocycles. The Hall–Kier alpha value is -5.92. The average molecular weight is 573 g/mol. The first-order chi connectivity index (χ1) is 22.3. The molecule has 1 aromatic heterocycles. The Kier molecular flexibility index (Phi) is 5.89. The second-order valence-electron chi connectivity index (χ2n) is 11.7. The molecule has 0 spiro atoms. The quantitative estimate of drug-likeness (QED) is 0.204. The lowest BCUT2D eigenvalue weighted by Crippen LogP contribution is -1.88. The van der Waals surface area contributed by atoms with Crippen LogP contribution in [-0.2, 0) is 0 Å². The molecule has 1 nitrogen and oxygen atoms in total. The Balaban J connectivity index is 1.24. The van der Waals surface area contributed by atoms with E-state index in [-0.39, 0.29) is 0 Å². The number of furan rings is 1. The van der Waals surface area contributed by atoms with Crippen LogP contribution in [0.15, 0.2) is 174 Å². The van der Waals surface area contributed by atoms with Gasteiger partial charge in [0, 0.05) is 10.8 Å². The van der Waals surface area contributed by atoms with E-state index >= 15 is 0 Å². The summed E-state index contributed by atoms with van der Waals surface area (Å²) >= 11 is 0. The van der Waals surface area contributed by atoms with Gasteiger partial charge in [0.2, 0.25) is 0 Å². The van der Waals surface area contributed by atoms with Crippen LogP contribution in [0, 0.1) is 0 Å². The Bertz CT molecular complexity index is 2530. The summed E-state index contributed by atoms with van der Waals surface area (Å²) < 4.78 is 6.28. The summed E-state index contributed by atoms with van der Waals surface area (Å²) in [6, 6.07) is 61.2. The Labute approximate surface area is 261 Å². The molecule has 0 N–H and O–H groups in total. The lowest BCUT2D eigenvalue weighted by molar-refractivity contribution is 0.669. The van der Waals surface area contributed by atoms with Crippen molar-refractivity contribution in [3.63, 3.8) is 0 Å². The molecular weight excluding hydrogens is 544 g/mol. The van der Waals surface area contributed by atoms with Crippen molar-refractivity contribution in [2.75, 3.05) is 0 Å². The Morgan fingerprint density at radius 2 is 0.844 bits per heavy atom. The van der Waals surface area contributed by atoms with Crippen molar-refractivity contribution in [2.24, 2.45) is 0 Å². The van der Waals surface area contributed by atoms with Gasteiger partial charge in [0.05, 0.1) is 0 Å². The van der Waals surface area contributed by atoms with Crippen molar-refractivity contribution in [1.82, 2.24) is 0 Å². The highest BCUT2D eigenvalue weighted by Crippen LogP contribution is 2.41. The summed E-state index contributed by atoms with van der Waals surface area (Å²) in [5.74, 6) is 0.